The minimum atomic E-state index is -0.428. The highest BCUT2D eigenvalue weighted by atomic mass is 16.5. The van der Waals surface area contributed by atoms with Crippen molar-refractivity contribution in [3.8, 4) is 0 Å². The van der Waals surface area contributed by atoms with E-state index >= 15 is 0 Å². The van der Waals surface area contributed by atoms with Gasteiger partial charge in [0.15, 0.2) is 5.69 Å². The fourth-order valence-corrected chi connectivity index (χ4v) is 1.01. The number of nitrogens with two attached hydrogens (primary N) is 1. The van der Waals surface area contributed by atoms with Gasteiger partial charge >= 0.3 is 0 Å². The summed E-state index contributed by atoms with van der Waals surface area (Å²) in [6.07, 6.45) is 0.723. The van der Waals surface area contributed by atoms with Gasteiger partial charge in [0.25, 0.3) is 5.91 Å². The maximum absolute atomic E-state index is 11.7. The standard InChI is InChI=1S/C10H17N3O2/c1-4-7-5-8(13-15-7)9(14)12-10(2,3)6-11/h5H,4,6,11H2,1-3H3,(H,12,14). The third-order valence-corrected chi connectivity index (χ3v) is 2.10. The zero-order valence-corrected chi connectivity index (χ0v) is 9.33. The van der Waals surface area contributed by atoms with Crippen LogP contribution in [0.25, 0.3) is 0 Å². The SMILES string of the molecule is CCc1cc(C(=O)NC(C)(C)CN)no1. The Labute approximate surface area is 89.0 Å². The average Bonchev–Trinajstić information content (AvgIpc) is 2.65. The van der Waals surface area contributed by atoms with Crippen molar-refractivity contribution in [1.82, 2.24) is 10.5 Å². The number of aromatic nitrogens is 1. The van der Waals surface area contributed by atoms with E-state index < -0.39 is 5.54 Å². The highest BCUT2D eigenvalue weighted by Gasteiger charge is 2.21. The smallest absolute Gasteiger partial charge is 0.273 e. The lowest BCUT2D eigenvalue weighted by atomic mass is 10.1. The van der Waals surface area contributed by atoms with E-state index in [4.69, 9.17) is 10.3 Å². The fourth-order valence-electron chi connectivity index (χ4n) is 1.01. The van der Waals surface area contributed by atoms with Crippen LogP contribution in [0.3, 0.4) is 0 Å². The summed E-state index contributed by atoms with van der Waals surface area (Å²) in [5, 5.41) is 6.45. The van der Waals surface area contributed by atoms with Crippen LogP contribution in [0.15, 0.2) is 10.6 Å². The van der Waals surface area contributed by atoms with Crippen LogP contribution in [0.5, 0.6) is 0 Å². The number of aryl methyl sites for hydroxylation is 1. The Kier molecular flexibility index (Phi) is 3.47. The maximum Gasteiger partial charge on any atom is 0.273 e. The number of hydrogen-bond donors (Lipinski definition) is 2. The van der Waals surface area contributed by atoms with Crippen LogP contribution in [0.2, 0.25) is 0 Å². The number of carbonyl (C=O) groups is 1. The Morgan fingerprint density at radius 3 is 2.80 bits per heavy atom. The van der Waals surface area contributed by atoms with Gasteiger partial charge < -0.3 is 15.6 Å². The molecule has 1 aromatic rings. The van der Waals surface area contributed by atoms with Gasteiger partial charge in [-0.2, -0.15) is 0 Å². The molecule has 3 N–H and O–H groups in total. The summed E-state index contributed by atoms with van der Waals surface area (Å²) in [6, 6.07) is 1.64. The molecule has 0 radical (unpaired) electrons. The van der Waals surface area contributed by atoms with Gasteiger partial charge in [-0.1, -0.05) is 12.1 Å². The third kappa shape index (κ3) is 3.06. The fraction of sp³-hybridized carbons (Fsp3) is 0.600. The van der Waals surface area contributed by atoms with Crippen molar-refractivity contribution in [3.63, 3.8) is 0 Å². The van der Waals surface area contributed by atoms with Crippen molar-refractivity contribution in [2.24, 2.45) is 5.73 Å². The molecule has 0 aliphatic rings. The van der Waals surface area contributed by atoms with Gasteiger partial charge in [-0.05, 0) is 13.8 Å². The Hall–Kier alpha value is -1.36. The number of nitrogens with one attached hydrogen (secondary N) is 1. The summed E-state index contributed by atoms with van der Waals surface area (Å²) >= 11 is 0. The first-order chi connectivity index (χ1) is 6.98. The highest BCUT2D eigenvalue weighted by Crippen LogP contribution is 2.06. The molecule has 15 heavy (non-hydrogen) atoms. The normalized spacial score (nSPS) is 11.5. The summed E-state index contributed by atoms with van der Waals surface area (Å²) < 4.78 is 4.94. The minimum absolute atomic E-state index is 0.256. The number of rotatable bonds is 4. The second-order valence-electron chi connectivity index (χ2n) is 4.07. The van der Waals surface area contributed by atoms with Crippen LogP contribution >= 0.6 is 0 Å². The summed E-state index contributed by atoms with van der Waals surface area (Å²) in [4.78, 5) is 11.7. The van der Waals surface area contributed by atoms with E-state index in [9.17, 15) is 4.79 Å². The van der Waals surface area contributed by atoms with E-state index in [1.54, 1.807) is 6.07 Å². The molecule has 0 bridgehead atoms. The molecule has 0 aliphatic carbocycles. The Morgan fingerprint density at radius 2 is 2.33 bits per heavy atom. The third-order valence-electron chi connectivity index (χ3n) is 2.10. The molecule has 1 heterocycles. The lowest BCUT2D eigenvalue weighted by Crippen LogP contribution is -2.48. The molecule has 0 spiro atoms. The highest BCUT2D eigenvalue weighted by molar-refractivity contribution is 5.92. The molecule has 0 aromatic carbocycles. The van der Waals surface area contributed by atoms with Gasteiger partial charge in [0.2, 0.25) is 0 Å². The lowest BCUT2D eigenvalue weighted by molar-refractivity contribution is 0.0906. The topological polar surface area (TPSA) is 81.2 Å². The van der Waals surface area contributed by atoms with Crippen molar-refractivity contribution >= 4 is 5.91 Å². The zero-order chi connectivity index (χ0) is 11.5. The first-order valence-corrected chi connectivity index (χ1v) is 4.96. The second-order valence-corrected chi connectivity index (χ2v) is 4.07. The molecule has 0 saturated carbocycles. The van der Waals surface area contributed by atoms with E-state index in [0.717, 1.165) is 6.42 Å². The second kappa shape index (κ2) is 4.44. The Bertz CT molecular complexity index is 344. The van der Waals surface area contributed by atoms with E-state index in [2.05, 4.69) is 10.5 Å². The number of nitrogens with zero attached hydrogens (tertiary/aromatic N) is 1. The summed E-state index contributed by atoms with van der Waals surface area (Å²) in [5.41, 5.74) is 5.38. The molecule has 5 nitrogen and oxygen atoms in total. The molecule has 5 heteroatoms. The number of hydrogen-bond acceptors (Lipinski definition) is 4. The van der Waals surface area contributed by atoms with E-state index in [0.29, 0.717) is 18.0 Å². The molecule has 1 aromatic heterocycles. The summed E-state index contributed by atoms with van der Waals surface area (Å²) in [7, 11) is 0. The van der Waals surface area contributed by atoms with Gasteiger partial charge in [-0.15, -0.1) is 0 Å². The largest absolute Gasteiger partial charge is 0.361 e. The van der Waals surface area contributed by atoms with E-state index in [1.807, 2.05) is 20.8 Å². The van der Waals surface area contributed by atoms with Crippen molar-refractivity contribution < 1.29 is 9.32 Å². The van der Waals surface area contributed by atoms with E-state index in [-0.39, 0.29) is 5.91 Å². The van der Waals surface area contributed by atoms with Gasteiger partial charge in [-0.25, -0.2) is 0 Å². The van der Waals surface area contributed by atoms with Gasteiger partial charge in [-0.3, -0.25) is 4.79 Å². The molecule has 0 saturated heterocycles. The van der Waals surface area contributed by atoms with Crippen LogP contribution in [-0.2, 0) is 6.42 Å². The maximum atomic E-state index is 11.7. The molecule has 1 rings (SSSR count). The molecule has 0 unspecified atom stereocenters. The van der Waals surface area contributed by atoms with Crippen LogP contribution in [0.1, 0.15) is 37.0 Å². The molecule has 1 amide bonds. The van der Waals surface area contributed by atoms with Gasteiger partial charge in [0, 0.05) is 24.6 Å². The van der Waals surface area contributed by atoms with Crippen molar-refractivity contribution in [1.29, 1.82) is 0 Å². The minimum Gasteiger partial charge on any atom is -0.361 e. The molecule has 0 atom stereocenters. The monoisotopic (exact) mass is 211 g/mol. The predicted molar refractivity (Wildman–Crippen MR) is 56.5 cm³/mol. The summed E-state index contributed by atoms with van der Waals surface area (Å²) in [6.45, 7) is 6.01. The van der Waals surface area contributed by atoms with Gasteiger partial charge in [0.1, 0.15) is 5.76 Å². The van der Waals surface area contributed by atoms with Crippen LogP contribution in [0, 0.1) is 0 Å². The van der Waals surface area contributed by atoms with Gasteiger partial charge in [0.05, 0.1) is 0 Å². The molecular weight excluding hydrogens is 194 g/mol. The van der Waals surface area contributed by atoms with Crippen molar-refractivity contribution in [3.05, 3.63) is 17.5 Å². The lowest BCUT2D eigenvalue weighted by Gasteiger charge is -2.23. The van der Waals surface area contributed by atoms with Crippen molar-refractivity contribution in [2.45, 2.75) is 32.7 Å². The quantitative estimate of drug-likeness (QED) is 0.768. The molecule has 0 aliphatic heterocycles. The Morgan fingerprint density at radius 1 is 1.67 bits per heavy atom. The van der Waals surface area contributed by atoms with Crippen LogP contribution in [-0.4, -0.2) is 23.1 Å². The zero-order valence-electron chi connectivity index (χ0n) is 9.33. The van der Waals surface area contributed by atoms with Crippen LogP contribution < -0.4 is 11.1 Å². The first kappa shape index (κ1) is 11.7. The molecule has 0 fully saturated rings. The molecular formula is C10H17N3O2. The number of carbonyl (C=O) groups excluding carboxylic acids is 1. The van der Waals surface area contributed by atoms with Crippen LogP contribution in [0.4, 0.5) is 0 Å². The first-order valence-electron chi connectivity index (χ1n) is 4.96. The summed E-state index contributed by atoms with van der Waals surface area (Å²) in [5.74, 6) is 0.444. The van der Waals surface area contributed by atoms with E-state index in [1.165, 1.54) is 0 Å². The number of amides is 1. The average molecular weight is 211 g/mol. The molecule has 84 valence electrons. The Balaban J connectivity index is 2.69. The van der Waals surface area contributed by atoms with Crippen molar-refractivity contribution in [2.75, 3.05) is 6.54 Å². The predicted octanol–water partition coefficient (Wildman–Crippen LogP) is 0.704.